The molecule has 0 amide bonds. The molecule has 0 unspecified atom stereocenters. The van der Waals surface area contributed by atoms with Crippen LogP contribution in [0.2, 0.25) is 13.1 Å². The van der Waals surface area contributed by atoms with Gasteiger partial charge in [0, 0.05) is 49.4 Å². The predicted octanol–water partition coefficient (Wildman–Crippen LogP) is 17.7. The molecule has 0 saturated carbocycles. The first-order valence-corrected chi connectivity index (χ1v) is 27.4. The van der Waals surface area contributed by atoms with Crippen molar-refractivity contribution in [1.82, 2.24) is 0 Å². The quantitative estimate of drug-likeness (QED) is 0.142. The fraction of sp³-hybridized carbons (Fsp3) is 0.0303. The van der Waals surface area contributed by atoms with Gasteiger partial charge >= 0.3 is 0 Å². The minimum absolute atomic E-state index is 0.868. The summed E-state index contributed by atoms with van der Waals surface area (Å²) in [6.07, 6.45) is 0. The number of anilines is 6. The molecule has 0 saturated heterocycles. The maximum atomic E-state index is 6.81. The molecule has 13 aromatic rings. The Balaban J connectivity index is 0.985. The second kappa shape index (κ2) is 16.1. The Morgan fingerprint density at radius 2 is 0.817 bits per heavy atom. The van der Waals surface area contributed by atoms with Gasteiger partial charge in [-0.05, 0) is 105 Å². The number of fused-ring (bicyclic) bond motifs is 8. The van der Waals surface area contributed by atoms with Gasteiger partial charge < -0.3 is 18.6 Å². The molecule has 0 aliphatic carbocycles. The highest BCUT2D eigenvalue weighted by Crippen LogP contribution is 2.49. The number of hydrogen-bond acceptors (Lipinski definition) is 4. The Labute approximate surface area is 412 Å². The Morgan fingerprint density at radius 1 is 0.310 bits per heavy atom. The van der Waals surface area contributed by atoms with Crippen LogP contribution in [0.5, 0.6) is 0 Å². The second-order valence-corrected chi connectivity index (χ2v) is 23.5. The topological polar surface area (TPSA) is 32.8 Å². The lowest BCUT2D eigenvalue weighted by atomic mass is 9.94. The number of furan rings is 2. The van der Waals surface area contributed by atoms with Crippen LogP contribution in [0.25, 0.3) is 88.0 Å². The molecule has 2 aromatic heterocycles. The maximum absolute atomic E-state index is 6.81. The number of para-hydroxylation sites is 5. The van der Waals surface area contributed by atoms with E-state index in [1.54, 1.807) is 0 Å². The summed E-state index contributed by atoms with van der Waals surface area (Å²) in [6, 6.07) is 87.9. The van der Waals surface area contributed by atoms with Crippen molar-refractivity contribution in [3.8, 4) is 33.4 Å². The van der Waals surface area contributed by atoms with Crippen LogP contribution in [0, 0.1) is 0 Å². The van der Waals surface area contributed by atoms with Crippen molar-refractivity contribution >= 4 is 107 Å². The third-order valence-electron chi connectivity index (χ3n) is 14.9. The number of benzene rings is 11. The molecule has 3 heterocycles. The fourth-order valence-corrected chi connectivity index (χ4v) is 14.6. The first kappa shape index (κ1) is 41.1. The van der Waals surface area contributed by atoms with Crippen LogP contribution in [-0.4, -0.2) is 8.07 Å². The average molecular weight is 927 g/mol. The molecular formula is C66H46N2O2Si. The fourth-order valence-electron chi connectivity index (χ4n) is 11.5. The van der Waals surface area contributed by atoms with Gasteiger partial charge in [0.05, 0.1) is 22.7 Å². The lowest BCUT2D eigenvalue weighted by Gasteiger charge is -2.37. The van der Waals surface area contributed by atoms with Crippen molar-refractivity contribution in [2.75, 3.05) is 9.80 Å². The summed E-state index contributed by atoms with van der Waals surface area (Å²) in [5, 5.41) is 9.81. The van der Waals surface area contributed by atoms with Crippen molar-refractivity contribution in [2.24, 2.45) is 0 Å². The first-order chi connectivity index (χ1) is 35.0. The zero-order valence-electron chi connectivity index (χ0n) is 39.3. The van der Waals surface area contributed by atoms with E-state index >= 15 is 0 Å². The Bertz CT molecular complexity index is 4230. The van der Waals surface area contributed by atoms with Gasteiger partial charge in [-0.25, -0.2) is 0 Å². The van der Waals surface area contributed by atoms with Crippen molar-refractivity contribution in [2.45, 2.75) is 13.1 Å². The second-order valence-electron chi connectivity index (χ2n) is 19.2. The zero-order valence-corrected chi connectivity index (χ0v) is 40.3. The van der Waals surface area contributed by atoms with Gasteiger partial charge in [0.25, 0.3) is 0 Å². The Morgan fingerprint density at radius 3 is 1.54 bits per heavy atom. The van der Waals surface area contributed by atoms with Crippen LogP contribution >= 0.6 is 0 Å². The average Bonchev–Trinajstić information content (AvgIpc) is 4.00. The molecule has 1 aliphatic heterocycles. The SMILES string of the molecule is C[Si]1(C)c2cc(N(c3ccccc3-c3ccccc3)c3cccc4c3oc3ccccc34)ccc2-c2ccc(N(c3ccc4oc5ccccc5c4c3)c3ccccc3-c3ccccc3)c3cccc1c23. The van der Waals surface area contributed by atoms with Crippen molar-refractivity contribution in [3.63, 3.8) is 0 Å². The van der Waals surface area contributed by atoms with E-state index in [-0.39, 0.29) is 0 Å². The molecule has 4 nitrogen and oxygen atoms in total. The van der Waals surface area contributed by atoms with Crippen molar-refractivity contribution < 1.29 is 8.83 Å². The minimum atomic E-state index is -2.42. The number of rotatable bonds is 8. The highest BCUT2D eigenvalue weighted by Gasteiger charge is 2.37. The van der Waals surface area contributed by atoms with Gasteiger partial charge in [0.1, 0.15) is 24.8 Å². The molecule has 0 spiro atoms. The molecule has 0 N–H and O–H groups in total. The van der Waals surface area contributed by atoms with Crippen LogP contribution in [-0.2, 0) is 0 Å². The maximum Gasteiger partial charge on any atom is 0.159 e. The van der Waals surface area contributed by atoms with Crippen molar-refractivity contribution in [1.29, 1.82) is 0 Å². The zero-order chi connectivity index (χ0) is 47.2. The molecule has 1 aliphatic rings. The lowest BCUT2D eigenvalue weighted by molar-refractivity contribution is 0.668. The summed E-state index contributed by atoms with van der Waals surface area (Å²) in [7, 11) is -2.42. The molecule has 5 heteroatoms. The molecule has 14 rings (SSSR count). The van der Waals surface area contributed by atoms with E-state index in [1.165, 1.54) is 37.8 Å². The van der Waals surface area contributed by atoms with Gasteiger partial charge in [0.2, 0.25) is 0 Å². The van der Waals surface area contributed by atoms with Crippen LogP contribution in [0.3, 0.4) is 0 Å². The van der Waals surface area contributed by atoms with E-state index in [0.717, 1.165) is 94.7 Å². The van der Waals surface area contributed by atoms with E-state index in [0.29, 0.717) is 0 Å². The highest BCUT2D eigenvalue weighted by molar-refractivity contribution is 7.03. The van der Waals surface area contributed by atoms with E-state index in [4.69, 9.17) is 8.83 Å². The van der Waals surface area contributed by atoms with E-state index < -0.39 is 8.07 Å². The summed E-state index contributed by atoms with van der Waals surface area (Å²) >= 11 is 0. The lowest BCUT2D eigenvalue weighted by Crippen LogP contribution is -2.56. The monoisotopic (exact) mass is 926 g/mol. The molecular weight excluding hydrogens is 881 g/mol. The third kappa shape index (κ3) is 6.43. The summed E-state index contributed by atoms with van der Waals surface area (Å²) in [5.41, 5.74) is 17.2. The molecule has 11 aromatic carbocycles. The van der Waals surface area contributed by atoms with Gasteiger partial charge in [-0.3, -0.25) is 0 Å². The summed E-state index contributed by atoms with van der Waals surface area (Å²) in [4.78, 5) is 4.90. The third-order valence-corrected chi connectivity index (χ3v) is 18.4. The summed E-state index contributed by atoms with van der Waals surface area (Å²) in [6.45, 7) is 5.06. The van der Waals surface area contributed by atoms with Crippen LogP contribution in [0.15, 0.2) is 251 Å². The van der Waals surface area contributed by atoms with E-state index in [9.17, 15) is 0 Å². The van der Waals surface area contributed by atoms with E-state index in [2.05, 4.69) is 253 Å². The first-order valence-electron chi connectivity index (χ1n) is 24.4. The smallest absolute Gasteiger partial charge is 0.159 e. The number of hydrogen-bond donors (Lipinski definition) is 0. The number of nitrogens with zero attached hydrogens (tertiary/aromatic N) is 2. The summed E-state index contributed by atoms with van der Waals surface area (Å²) in [5.74, 6) is 0. The summed E-state index contributed by atoms with van der Waals surface area (Å²) < 4.78 is 13.2. The van der Waals surface area contributed by atoms with Crippen LogP contribution in [0.1, 0.15) is 0 Å². The van der Waals surface area contributed by atoms with Gasteiger partial charge in [-0.15, -0.1) is 0 Å². The molecule has 0 radical (unpaired) electrons. The Hall–Kier alpha value is -8.90. The standard InChI is InChI=1S/C66H46N2O2Si/c1-71(2)63-34-18-28-54-58(67(56-29-13-9-23-47(56)43-19-5-3-6-20-43)45-36-40-62-55(41-45)50-26-12-15-32-60(50)69-62)39-38-52(65(54)63)51-37-35-46(42-64(51)71)68(57-30-14-10-24-48(57)44-21-7-4-8-22-44)59-31-17-27-53-49-25-11-16-33-61(49)70-66(53)59/h3-42H,1-2H3. The molecule has 0 atom stereocenters. The van der Waals surface area contributed by atoms with E-state index in [1.807, 2.05) is 12.1 Å². The van der Waals surface area contributed by atoms with Gasteiger partial charge in [-0.2, -0.15) is 0 Å². The highest BCUT2D eigenvalue weighted by atomic mass is 28.3. The molecule has 71 heavy (non-hydrogen) atoms. The molecule has 0 fully saturated rings. The van der Waals surface area contributed by atoms with Gasteiger partial charge in [0.15, 0.2) is 5.58 Å². The minimum Gasteiger partial charge on any atom is -0.456 e. The molecule has 336 valence electrons. The Kier molecular flexibility index (Phi) is 9.32. The van der Waals surface area contributed by atoms with Crippen LogP contribution in [0.4, 0.5) is 34.1 Å². The normalized spacial score (nSPS) is 12.8. The predicted molar refractivity (Wildman–Crippen MR) is 301 cm³/mol. The van der Waals surface area contributed by atoms with Gasteiger partial charge in [-0.1, -0.05) is 189 Å². The van der Waals surface area contributed by atoms with Crippen LogP contribution < -0.4 is 20.2 Å². The molecule has 0 bridgehead atoms. The largest absolute Gasteiger partial charge is 0.456 e. The van der Waals surface area contributed by atoms with Crippen molar-refractivity contribution in [3.05, 3.63) is 243 Å².